The van der Waals surface area contributed by atoms with E-state index in [-0.39, 0.29) is 62.1 Å². The van der Waals surface area contributed by atoms with E-state index in [2.05, 4.69) is 50.0 Å². The Morgan fingerprint density at radius 1 is 0.845 bits per heavy atom. The Hall–Kier alpha value is -6.10. The third kappa shape index (κ3) is 15.8. The van der Waals surface area contributed by atoms with E-state index >= 15 is 0 Å². The maximum atomic E-state index is 14.1. The van der Waals surface area contributed by atoms with Gasteiger partial charge in [0.25, 0.3) is 0 Å². The molecule has 0 aliphatic rings. The number of nitrogens with zero attached hydrogens (tertiary/aromatic N) is 1. The minimum absolute atomic E-state index is 0.0882. The Bertz CT molecular complexity index is 1880. The van der Waals surface area contributed by atoms with Crippen LogP contribution in [0.2, 0.25) is 0 Å². The first-order chi connectivity index (χ1) is 27.7. The number of hydrogen-bond donors (Lipinski definition) is 8. The van der Waals surface area contributed by atoms with E-state index in [1.165, 1.54) is 24.3 Å². The first-order valence-corrected chi connectivity index (χ1v) is 19.9. The van der Waals surface area contributed by atoms with Crippen LogP contribution in [0, 0.1) is 11.3 Å². The van der Waals surface area contributed by atoms with E-state index < -0.39 is 59.5 Å². The molecule has 4 unspecified atom stereocenters. The second-order valence-corrected chi connectivity index (χ2v) is 15.0. The smallest absolute Gasteiger partial charge is 0.243 e. The Morgan fingerprint density at radius 2 is 1.50 bits per heavy atom. The van der Waals surface area contributed by atoms with Crippen LogP contribution in [0.5, 0.6) is 5.75 Å². The number of nitrogens with one attached hydrogen (secondary N) is 7. The topological polar surface area (TPSA) is 247 Å². The number of carbonyl (C=O) groups excluding carboxylic acids is 6. The fourth-order valence-electron chi connectivity index (χ4n) is 5.83. The molecule has 0 aliphatic heterocycles. The van der Waals surface area contributed by atoms with Gasteiger partial charge in [0, 0.05) is 32.9 Å². The van der Waals surface area contributed by atoms with E-state index in [0.717, 1.165) is 10.3 Å². The molecule has 1 heterocycles. The molecule has 58 heavy (non-hydrogen) atoms. The lowest BCUT2D eigenvalue weighted by Crippen LogP contribution is -2.58. The summed E-state index contributed by atoms with van der Waals surface area (Å²) >= 11 is 1.18. The summed E-state index contributed by atoms with van der Waals surface area (Å²) in [5.74, 6) is -3.06. The number of thiazole rings is 1. The number of rotatable bonds is 25. The number of ketones is 1. The van der Waals surface area contributed by atoms with Crippen LogP contribution in [0.15, 0.2) is 73.8 Å². The number of benzene rings is 2. The van der Waals surface area contributed by atoms with E-state index in [4.69, 9.17) is 15.9 Å². The molecule has 16 nitrogen and oxygen atoms in total. The number of nitrogens with two attached hydrogens (primary N) is 1. The van der Waals surface area contributed by atoms with Crippen LogP contribution in [0.3, 0.4) is 0 Å². The molecule has 0 fully saturated rings. The lowest BCUT2D eigenvalue weighted by atomic mass is 10.00. The van der Waals surface area contributed by atoms with Crippen LogP contribution in [-0.4, -0.2) is 90.1 Å². The van der Waals surface area contributed by atoms with Crippen molar-refractivity contribution in [2.45, 2.75) is 83.5 Å². The molecule has 0 spiro atoms. The molecule has 17 heteroatoms. The predicted molar refractivity (Wildman–Crippen MR) is 224 cm³/mol. The summed E-state index contributed by atoms with van der Waals surface area (Å²) < 4.78 is 6.32. The average Bonchev–Trinajstić information content (AvgIpc) is 3.62. The molecule has 2 aromatic carbocycles. The number of guanidine groups is 1. The van der Waals surface area contributed by atoms with Crippen LogP contribution >= 0.6 is 11.3 Å². The number of hydrogen-bond acceptors (Lipinski definition) is 10. The van der Waals surface area contributed by atoms with Gasteiger partial charge >= 0.3 is 0 Å². The Balaban J connectivity index is 1.86. The zero-order chi connectivity index (χ0) is 42.6. The zero-order valence-electron chi connectivity index (χ0n) is 33.2. The number of fused-ring (bicyclic) bond motifs is 1. The third-order valence-corrected chi connectivity index (χ3v) is 9.68. The predicted octanol–water partition coefficient (Wildman–Crippen LogP) is 2.64. The van der Waals surface area contributed by atoms with Gasteiger partial charge in [-0.3, -0.25) is 34.2 Å². The van der Waals surface area contributed by atoms with Crippen molar-refractivity contribution in [2.24, 2.45) is 11.7 Å². The molecule has 3 aromatic rings. The zero-order valence-corrected chi connectivity index (χ0v) is 34.0. The van der Waals surface area contributed by atoms with Gasteiger partial charge in [-0.1, -0.05) is 56.8 Å². The number of para-hydroxylation sites is 1. The van der Waals surface area contributed by atoms with Crippen LogP contribution in [-0.2, 0) is 30.4 Å². The summed E-state index contributed by atoms with van der Waals surface area (Å²) in [5, 5.41) is 23.9. The highest BCUT2D eigenvalue weighted by atomic mass is 32.1. The average molecular weight is 818 g/mol. The van der Waals surface area contributed by atoms with Gasteiger partial charge in [0.1, 0.15) is 30.5 Å². The summed E-state index contributed by atoms with van der Waals surface area (Å²) in [6.07, 6.45) is 3.59. The second kappa shape index (κ2) is 23.8. The fraction of sp³-hybridized carbons (Fsp3) is 0.415. The molecule has 0 saturated heterocycles. The van der Waals surface area contributed by atoms with Crippen molar-refractivity contribution in [3.05, 3.63) is 84.4 Å². The summed E-state index contributed by atoms with van der Waals surface area (Å²) in [5.41, 5.74) is 6.78. The van der Waals surface area contributed by atoms with Crippen molar-refractivity contribution < 1.29 is 33.5 Å². The number of aromatic nitrogens is 1. The monoisotopic (exact) mass is 817 g/mol. The second-order valence-electron chi connectivity index (χ2n) is 14.0. The number of ether oxygens (including phenoxy) is 1. The SMILES string of the molecule is C=CCNC(=O)CCC(NC(=O)C(CC(C)C)NC(=O)C(Cc1ccc(OCC=C)cc1)NC(C)=O)C(=O)NC(CCCNC(=N)N)C(=O)c1nc2ccccc2s1. The molecule has 0 aliphatic carbocycles. The van der Waals surface area contributed by atoms with Gasteiger partial charge < -0.3 is 42.4 Å². The van der Waals surface area contributed by atoms with Gasteiger partial charge in [-0.15, -0.1) is 17.9 Å². The van der Waals surface area contributed by atoms with E-state index in [9.17, 15) is 28.8 Å². The van der Waals surface area contributed by atoms with Gasteiger partial charge in [-0.05, 0) is 61.4 Å². The van der Waals surface area contributed by atoms with E-state index in [0.29, 0.717) is 24.3 Å². The van der Waals surface area contributed by atoms with Crippen LogP contribution in [0.1, 0.15) is 68.2 Å². The quantitative estimate of drug-likeness (QED) is 0.0204. The van der Waals surface area contributed by atoms with Gasteiger partial charge in [0.05, 0.1) is 16.3 Å². The Kier molecular flexibility index (Phi) is 19.0. The Labute approximate surface area is 342 Å². The lowest BCUT2D eigenvalue weighted by molar-refractivity contribution is -0.134. The molecule has 4 atom stereocenters. The van der Waals surface area contributed by atoms with Gasteiger partial charge in [0.15, 0.2) is 11.0 Å². The highest BCUT2D eigenvalue weighted by molar-refractivity contribution is 7.20. The maximum absolute atomic E-state index is 14.1. The van der Waals surface area contributed by atoms with E-state index in [1.54, 1.807) is 42.5 Å². The molecule has 9 N–H and O–H groups in total. The van der Waals surface area contributed by atoms with Crippen LogP contribution < -0.4 is 42.4 Å². The summed E-state index contributed by atoms with van der Waals surface area (Å²) in [7, 11) is 0. The molecule has 1 aromatic heterocycles. The van der Waals surface area contributed by atoms with Gasteiger partial charge in [-0.25, -0.2) is 4.98 Å². The summed E-state index contributed by atoms with van der Waals surface area (Å²) in [4.78, 5) is 85.1. The van der Waals surface area contributed by atoms with Crippen molar-refractivity contribution in [3.8, 4) is 5.75 Å². The molecule has 0 saturated carbocycles. The largest absolute Gasteiger partial charge is 0.490 e. The molecular weight excluding hydrogens is 763 g/mol. The number of amides is 5. The van der Waals surface area contributed by atoms with E-state index in [1.807, 2.05) is 26.0 Å². The van der Waals surface area contributed by atoms with Crippen LogP contribution in [0.25, 0.3) is 10.2 Å². The molecular formula is C41H55N9O7S. The number of Topliss-reactive ketones (excluding diaryl/α,β-unsaturated/α-hetero) is 1. The highest BCUT2D eigenvalue weighted by Gasteiger charge is 2.33. The standard InChI is InChI=1S/C41H55N9O7S/c1-6-20-44-35(52)19-18-31(37(54)47-30(12-10-21-45-41(42)43)36(53)40-50-29-11-8-9-13-34(29)58-40)48-38(55)32(23-25(3)4)49-39(56)33(46-26(5)51)24-27-14-16-28(17-15-27)57-22-7-2/h6-9,11,13-17,25,30-33H,1-2,10,12,18-24H2,3-5H3,(H,44,52)(H,46,51)(H,47,54)(H,48,55)(H,49,56)(H4,42,43,45). The van der Waals surface area contributed by atoms with Crippen molar-refractivity contribution in [1.82, 2.24) is 36.9 Å². The molecule has 312 valence electrons. The minimum atomic E-state index is -1.30. The molecule has 5 amide bonds. The van der Waals surface area contributed by atoms with Gasteiger partial charge in [-0.2, -0.15) is 0 Å². The normalized spacial score (nSPS) is 12.9. The summed E-state index contributed by atoms with van der Waals surface area (Å²) in [6.45, 7) is 13.0. The molecule has 0 bridgehead atoms. The minimum Gasteiger partial charge on any atom is -0.490 e. The third-order valence-electron chi connectivity index (χ3n) is 8.62. The first kappa shape index (κ1) is 46.3. The first-order valence-electron chi connectivity index (χ1n) is 19.1. The maximum Gasteiger partial charge on any atom is 0.243 e. The van der Waals surface area contributed by atoms with Crippen LogP contribution in [0.4, 0.5) is 0 Å². The van der Waals surface area contributed by atoms with Crippen molar-refractivity contribution in [3.63, 3.8) is 0 Å². The fourth-order valence-corrected chi connectivity index (χ4v) is 6.79. The molecule has 3 rings (SSSR count). The highest BCUT2D eigenvalue weighted by Crippen LogP contribution is 2.23. The summed E-state index contributed by atoms with van der Waals surface area (Å²) in [6, 6.07) is 9.68. The van der Waals surface area contributed by atoms with Gasteiger partial charge in [0.2, 0.25) is 35.3 Å². The lowest BCUT2D eigenvalue weighted by Gasteiger charge is -2.27. The Morgan fingerprint density at radius 3 is 2.14 bits per heavy atom. The number of carbonyl (C=O) groups is 6. The van der Waals surface area contributed by atoms with Crippen molar-refractivity contribution >= 4 is 62.8 Å². The van der Waals surface area contributed by atoms with Crippen molar-refractivity contribution in [2.75, 3.05) is 19.7 Å². The molecule has 0 radical (unpaired) electrons. The van der Waals surface area contributed by atoms with Crippen molar-refractivity contribution in [1.29, 1.82) is 5.41 Å².